The Morgan fingerprint density at radius 3 is 2.51 bits per heavy atom. The van der Waals surface area contributed by atoms with Crippen LogP contribution in [0, 0.1) is 5.41 Å². The van der Waals surface area contributed by atoms with E-state index in [1.807, 2.05) is 46.1 Å². The molecular weight excluding hydrogens is 518 g/mol. The lowest BCUT2D eigenvalue weighted by Crippen LogP contribution is -2.53. The van der Waals surface area contributed by atoms with E-state index in [1.165, 1.54) is 0 Å². The van der Waals surface area contributed by atoms with Gasteiger partial charge in [0.25, 0.3) is 5.91 Å². The standard InChI is InChI=1S/C32H37N5O4/c1-4-32(3,5-2)31(41)35-15-13-22(14-16-35)36-19-20(18-33-36)17-21-9-10-25-28-23(21)7-6-8-24(28)30(40)37(25)26-11-12-27(38)34-29(26)39/h6-10,18-19,22,26H,4-5,11-17H2,1-3H3,(H,34,38,39)/t26-/m1/s1. The number of hydrogen-bond donors (Lipinski definition) is 1. The fourth-order valence-electron chi connectivity index (χ4n) is 6.61. The Balaban J connectivity index is 1.19. The average Bonchev–Trinajstić information content (AvgIpc) is 3.57. The molecule has 0 aliphatic carbocycles. The first kappa shape index (κ1) is 27.2. The van der Waals surface area contributed by atoms with Crippen LogP contribution in [-0.4, -0.2) is 57.4 Å². The Morgan fingerprint density at radius 2 is 1.80 bits per heavy atom. The molecule has 1 aromatic heterocycles. The van der Waals surface area contributed by atoms with E-state index in [2.05, 4.69) is 32.3 Å². The summed E-state index contributed by atoms with van der Waals surface area (Å²) in [6.07, 6.45) is 8.68. The number of imide groups is 1. The number of rotatable bonds is 7. The first-order valence-corrected chi connectivity index (χ1v) is 14.8. The number of carbonyl (C=O) groups is 4. The van der Waals surface area contributed by atoms with Crippen LogP contribution in [0.15, 0.2) is 42.7 Å². The summed E-state index contributed by atoms with van der Waals surface area (Å²) < 4.78 is 2.05. The summed E-state index contributed by atoms with van der Waals surface area (Å²) in [5, 5.41) is 8.91. The number of hydrogen-bond acceptors (Lipinski definition) is 5. The first-order chi connectivity index (χ1) is 19.7. The highest BCUT2D eigenvalue weighted by atomic mass is 16.2. The lowest BCUT2D eigenvalue weighted by atomic mass is 9.82. The summed E-state index contributed by atoms with van der Waals surface area (Å²) >= 11 is 0. The van der Waals surface area contributed by atoms with Crippen molar-refractivity contribution in [3.63, 3.8) is 0 Å². The van der Waals surface area contributed by atoms with Crippen molar-refractivity contribution in [2.75, 3.05) is 18.0 Å². The molecule has 6 rings (SSSR count). The Kier molecular flexibility index (Phi) is 6.91. The lowest BCUT2D eigenvalue weighted by Gasteiger charge is -2.37. The molecule has 214 valence electrons. The normalized spacial score (nSPS) is 19.8. The fraction of sp³-hybridized carbons (Fsp3) is 0.469. The molecule has 4 amide bonds. The molecule has 4 heterocycles. The molecule has 1 atom stereocenters. The molecule has 9 nitrogen and oxygen atoms in total. The number of likely N-dealkylation sites (tertiary alicyclic amines) is 1. The summed E-state index contributed by atoms with van der Waals surface area (Å²) in [7, 11) is 0. The highest BCUT2D eigenvalue weighted by molar-refractivity contribution is 6.27. The number of nitrogens with one attached hydrogen (secondary N) is 1. The molecule has 0 saturated carbocycles. The Morgan fingerprint density at radius 1 is 1.05 bits per heavy atom. The zero-order chi connectivity index (χ0) is 28.9. The maximum absolute atomic E-state index is 13.4. The highest BCUT2D eigenvalue weighted by Gasteiger charge is 2.41. The van der Waals surface area contributed by atoms with E-state index in [0.29, 0.717) is 18.4 Å². The zero-order valence-electron chi connectivity index (χ0n) is 24.0. The van der Waals surface area contributed by atoms with Crippen LogP contribution in [0.1, 0.15) is 86.8 Å². The summed E-state index contributed by atoms with van der Waals surface area (Å²) in [5.41, 5.74) is 3.19. The van der Waals surface area contributed by atoms with Crippen LogP contribution in [0.4, 0.5) is 5.69 Å². The second-order valence-electron chi connectivity index (χ2n) is 11.9. The molecule has 3 aromatic rings. The summed E-state index contributed by atoms with van der Waals surface area (Å²) in [5.74, 6) is -0.657. The molecule has 0 bridgehead atoms. The van der Waals surface area contributed by atoms with Crippen molar-refractivity contribution in [1.29, 1.82) is 0 Å². The van der Waals surface area contributed by atoms with Crippen molar-refractivity contribution in [2.24, 2.45) is 5.41 Å². The van der Waals surface area contributed by atoms with Gasteiger partial charge in [-0.1, -0.05) is 39.0 Å². The number of piperidine rings is 2. The molecular formula is C32H37N5O4. The van der Waals surface area contributed by atoms with Gasteiger partial charge < -0.3 is 4.90 Å². The van der Waals surface area contributed by atoms with Gasteiger partial charge in [0, 0.05) is 48.5 Å². The van der Waals surface area contributed by atoms with Crippen LogP contribution in [0.3, 0.4) is 0 Å². The van der Waals surface area contributed by atoms with Crippen LogP contribution < -0.4 is 10.2 Å². The van der Waals surface area contributed by atoms with Gasteiger partial charge in [-0.2, -0.15) is 5.10 Å². The zero-order valence-corrected chi connectivity index (χ0v) is 24.0. The smallest absolute Gasteiger partial charge is 0.259 e. The van der Waals surface area contributed by atoms with Crippen LogP contribution in [-0.2, 0) is 20.8 Å². The number of anilines is 1. The number of amides is 4. The number of nitrogens with zero attached hydrogens (tertiary/aromatic N) is 4. The summed E-state index contributed by atoms with van der Waals surface area (Å²) in [6.45, 7) is 7.76. The topological polar surface area (TPSA) is 105 Å². The fourth-order valence-corrected chi connectivity index (χ4v) is 6.61. The molecule has 3 aliphatic rings. The maximum atomic E-state index is 13.4. The van der Waals surface area contributed by atoms with Crippen LogP contribution >= 0.6 is 0 Å². The average molecular weight is 556 g/mol. The van der Waals surface area contributed by atoms with E-state index >= 15 is 0 Å². The molecule has 41 heavy (non-hydrogen) atoms. The quantitative estimate of drug-likeness (QED) is 0.436. The van der Waals surface area contributed by atoms with Gasteiger partial charge in [-0.3, -0.25) is 34.1 Å². The molecule has 9 heteroatoms. The van der Waals surface area contributed by atoms with Crippen LogP contribution in [0.5, 0.6) is 0 Å². The van der Waals surface area contributed by atoms with Crippen LogP contribution in [0.25, 0.3) is 10.8 Å². The molecule has 0 radical (unpaired) electrons. The second kappa shape index (κ2) is 10.4. The van der Waals surface area contributed by atoms with E-state index < -0.39 is 11.9 Å². The van der Waals surface area contributed by atoms with Crippen molar-refractivity contribution in [2.45, 2.75) is 77.8 Å². The molecule has 2 aromatic carbocycles. The number of benzene rings is 2. The van der Waals surface area contributed by atoms with Gasteiger partial charge in [0.1, 0.15) is 6.04 Å². The van der Waals surface area contributed by atoms with Gasteiger partial charge in [0.15, 0.2) is 0 Å². The van der Waals surface area contributed by atoms with Crippen molar-refractivity contribution in [3.05, 3.63) is 59.4 Å². The number of aromatic nitrogens is 2. The van der Waals surface area contributed by atoms with E-state index in [4.69, 9.17) is 5.10 Å². The minimum absolute atomic E-state index is 0.201. The summed E-state index contributed by atoms with van der Waals surface area (Å²) in [6, 6.07) is 9.23. The molecule has 0 unspecified atom stereocenters. The van der Waals surface area contributed by atoms with Gasteiger partial charge in [0.05, 0.1) is 17.9 Å². The van der Waals surface area contributed by atoms with Gasteiger partial charge in [-0.25, -0.2) is 0 Å². The van der Waals surface area contributed by atoms with E-state index in [-0.39, 0.29) is 35.6 Å². The Labute approximate surface area is 239 Å². The Bertz CT molecular complexity index is 1550. The maximum Gasteiger partial charge on any atom is 0.259 e. The van der Waals surface area contributed by atoms with E-state index in [9.17, 15) is 19.2 Å². The minimum atomic E-state index is -0.695. The predicted octanol–water partition coefficient (Wildman–Crippen LogP) is 4.38. The first-order valence-electron chi connectivity index (χ1n) is 14.8. The van der Waals surface area contributed by atoms with Gasteiger partial charge >= 0.3 is 0 Å². The Hall–Kier alpha value is -4.01. The van der Waals surface area contributed by atoms with Crippen LogP contribution in [0.2, 0.25) is 0 Å². The van der Waals surface area contributed by atoms with Gasteiger partial charge in [-0.15, -0.1) is 0 Å². The molecule has 0 spiro atoms. The SMILES string of the molecule is CCC(C)(CC)C(=O)N1CCC(n2cc(Cc3ccc4c5c(cccc35)C(=O)N4[C@@H]3CCC(=O)NC3=O)cn2)CC1. The summed E-state index contributed by atoms with van der Waals surface area (Å²) in [4.78, 5) is 54.4. The predicted molar refractivity (Wildman–Crippen MR) is 156 cm³/mol. The minimum Gasteiger partial charge on any atom is -0.342 e. The van der Waals surface area contributed by atoms with Gasteiger partial charge in [0.2, 0.25) is 17.7 Å². The molecule has 3 aliphatic heterocycles. The van der Waals surface area contributed by atoms with Crippen molar-refractivity contribution < 1.29 is 19.2 Å². The van der Waals surface area contributed by atoms with Crippen molar-refractivity contribution in [1.82, 2.24) is 20.0 Å². The van der Waals surface area contributed by atoms with Gasteiger partial charge in [-0.05, 0) is 60.7 Å². The molecule has 2 fully saturated rings. The largest absolute Gasteiger partial charge is 0.342 e. The van der Waals surface area contributed by atoms with E-state index in [0.717, 1.165) is 66.4 Å². The lowest BCUT2D eigenvalue weighted by molar-refractivity contribution is -0.143. The third-order valence-corrected chi connectivity index (χ3v) is 9.59. The third kappa shape index (κ3) is 4.61. The molecule has 2 saturated heterocycles. The third-order valence-electron chi connectivity index (χ3n) is 9.59. The van der Waals surface area contributed by atoms with Crippen molar-refractivity contribution in [3.8, 4) is 0 Å². The highest BCUT2D eigenvalue weighted by Crippen LogP contribution is 2.41. The van der Waals surface area contributed by atoms with Crippen molar-refractivity contribution >= 4 is 40.1 Å². The molecule has 1 N–H and O–H groups in total. The monoisotopic (exact) mass is 555 g/mol. The van der Waals surface area contributed by atoms with E-state index in [1.54, 1.807) is 4.90 Å². The second-order valence-corrected chi connectivity index (χ2v) is 11.9. The number of carbonyl (C=O) groups excluding carboxylic acids is 4.